The van der Waals surface area contributed by atoms with Crippen LogP contribution < -0.4 is 5.32 Å². The van der Waals surface area contributed by atoms with Gasteiger partial charge in [-0.05, 0) is 61.3 Å². The van der Waals surface area contributed by atoms with Crippen molar-refractivity contribution >= 4 is 28.3 Å². The largest absolute Gasteiger partial charge is 0.392 e. The van der Waals surface area contributed by atoms with Crippen LogP contribution in [-0.4, -0.2) is 89.5 Å². The Labute approximate surface area is 259 Å². The number of aromatic nitrogens is 1. The van der Waals surface area contributed by atoms with Gasteiger partial charge in [0.05, 0.1) is 24.3 Å². The van der Waals surface area contributed by atoms with Crippen LogP contribution in [0.5, 0.6) is 0 Å². The number of nitriles is 1. The zero-order chi connectivity index (χ0) is 30.9. The van der Waals surface area contributed by atoms with Crippen molar-refractivity contribution in [3.8, 4) is 6.07 Å². The second-order valence-electron chi connectivity index (χ2n) is 13.4. The van der Waals surface area contributed by atoms with E-state index in [1.165, 1.54) is 10.4 Å². The molecule has 2 amide bonds. The molecule has 1 aromatic heterocycles. The summed E-state index contributed by atoms with van der Waals surface area (Å²) in [4.78, 5) is 38.7. The molecule has 2 fully saturated rings. The van der Waals surface area contributed by atoms with Gasteiger partial charge in [0, 0.05) is 68.6 Å². The molecule has 1 saturated heterocycles. The van der Waals surface area contributed by atoms with Crippen LogP contribution in [0, 0.1) is 34.5 Å². The first kappa shape index (κ1) is 31.6. The van der Waals surface area contributed by atoms with Crippen LogP contribution >= 0.6 is 11.3 Å². The molecule has 0 radical (unpaired) electrons. The summed E-state index contributed by atoms with van der Waals surface area (Å²) in [5, 5.41) is 24.3. The number of nitrogens with zero attached hydrogens (tertiary/aromatic N) is 5. The highest BCUT2D eigenvalue weighted by molar-refractivity contribution is 7.15. The molecule has 43 heavy (non-hydrogen) atoms. The van der Waals surface area contributed by atoms with Gasteiger partial charge in [-0.1, -0.05) is 32.9 Å². The summed E-state index contributed by atoms with van der Waals surface area (Å²) < 4.78 is 0. The summed E-state index contributed by atoms with van der Waals surface area (Å²) in [6, 6.07) is 9.96. The molecule has 1 aromatic carbocycles. The van der Waals surface area contributed by atoms with Gasteiger partial charge in [-0.3, -0.25) is 19.8 Å². The van der Waals surface area contributed by atoms with E-state index in [4.69, 9.17) is 10.2 Å². The van der Waals surface area contributed by atoms with Crippen LogP contribution in [0.4, 0.5) is 5.13 Å². The molecule has 0 spiro atoms. The summed E-state index contributed by atoms with van der Waals surface area (Å²) in [6.07, 6.45) is 2.17. The minimum atomic E-state index is -0.630. The molecule has 10 heteroatoms. The third kappa shape index (κ3) is 6.65. The fourth-order valence-electron chi connectivity index (χ4n) is 7.65. The number of anilines is 1. The number of aliphatic hydroxyl groups is 1. The number of aliphatic hydroxyl groups excluding tert-OH is 1. The first-order valence-corrected chi connectivity index (χ1v) is 16.4. The molecule has 3 aliphatic rings. The minimum Gasteiger partial charge on any atom is -0.392 e. The van der Waals surface area contributed by atoms with E-state index >= 15 is 0 Å². The number of rotatable bonds is 8. The van der Waals surface area contributed by atoms with Crippen LogP contribution in [0.3, 0.4) is 0 Å². The molecule has 9 nitrogen and oxygen atoms in total. The Hall–Kier alpha value is -2.84. The molecule has 2 N–H and O–H groups in total. The van der Waals surface area contributed by atoms with Gasteiger partial charge in [-0.15, -0.1) is 11.3 Å². The highest BCUT2D eigenvalue weighted by Gasteiger charge is 2.54. The molecule has 6 unspecified atom stereocenters. The van der Waals surface area contributed by atoms with Crippen molar-refractivity contribution in [1.82, 2.24) is 19.7 Å². The first-order valence-electron chi connectivity index (χ1n) is 15.6. The monoisotopic (exact) mass is 606 g/mol. The van der Waals surface area contributed by atoms with Crippen molar-refractivity contribution in [2.45, 2.75) is 65.0 Å². The number of benzene rings is 1. The number of fused-ring (bicyclic) bond motifs is 2. The minimum absolute atomic E-state index is 0.000862. The summed E-state index contributed by atoms with van der Waals surface area (Å²) in [5.74, 6) is -0.677. The quantitative estimate of drug-likeness (QED) is 0.463. The lowest BCUT2D eigenvalue weighted by atomic mass is 9.53. The SMILES string of the molecule is CC(C(=O)N(C)CCC#N)C1CCC2(C)Cc3sc(NC(=O)c4ccc(CN5CCN(C)CC5)cc4)nc3C(C)C2C1O. The average molecular weight is 607 g/mol. The standard InChI is InChI=1S/C33H46N6O3S/c1-21(31(42)38(5)14-6-13-34)25-11-12-33(3)19-26-28(22(2)27(33)29(25)40)35-32(43-26)36-30(41)24-9-7-23(8-10-24)20-39-17-15-37(4)16-18-39/h7-10,21-22,25,27,29,40H,6,11-12,14-20H2,1-5H3,(H,35,36,41). The maximum atomic E-state index is 13.2. The smallest absolute Gasteiger partial charge is 0.257 e. The highest BCUT2D eigenvalue weighted by atomic mass is 32.1. The molecule has 0 bridgehead atoms. The molecule has 232 valence electrons. The predicted octanol–water partition coefficient (Wildman–Crippen LogP) is 4.20. The molecular weight excluding hydrogens is 560 g/mol. The van der Waals surface area contributed by atoms with Gasteiger partial charge in [0.15, 0.2) is 5.13 Å². The van der Waals surface area contributed by atoms with Gasteiger partial charge >= 0.3 is 0 Å². The number of carbonyl (C=O) groups is 2. The van der Waals surface area contributed by atoms with Crippen LogP contribution in [-0.2, 0) is 17.8 Å². The van der Waals surface area contributed by atoms with Gasteiger partial charge < -0.3 is 14.9 Å². The van der Waals surface area contributed by atoms with Crippen LogP contribution in [0.25, 0.3) is 0 Å². The Morgan fingerprint density at radius 2 is 1.95 bits per heavy atom. The molecule has 6 atom stereocenters. The zero-order valence-electron chi connectivity index (χ0n) is 26.2. The maximum Gasteiger partial charge on any atom is 0.257 e. The third-order valence-corrected chi connectivity index (χ3v) is 11.3. The molecule has 2 aromatic rings. The molecule has 1 saturated carbocycles. The number of likely N-dealkylation sites (N-methyl/N-ethyl adjacent to an activating group) is 1. The summed E-state index contributed by atoms with van der Waals surface area (Å²) in [5.41, 5.74) is 2.67. The van der Waals surface area contributed by atoms with E-state index in [1.807, 2.05) is 31.2 Å². The Morgan fingerprint density at radius 1 is 1.26 bits per heavy atom. The Kier molecular flexibility index (Phi) is 9.57. The Bertz CT molecular complexity index is 1350. The van der Waals surface area contributed by atoms with Crippen molar-refractivity contribution in [2.75, 3.05) is 52.1 Å². The lowest BCUT2D eigenvalue weighted by molar-refractivity contribution is -0.143. The third-order valence-electron chi connectivity index (χ3n) is 10.3. The number of thiazole rings is 1. The van der Waals surface area contributed by atoms with E-state index in [-0.39, 0.29) is 40.9 Å². The number of nitrogens with one attached hydrogen (secondary N) is 1. The Morgan fingerprint density at radius 3 is 2.63 bits per heavy atom. The number of piperazine rings is 1. The second-order valence-corrected chi connectivity index (χ2v) is 14.4. The fraction of sp³-hybridized carbons (Fsp3) is 0.636. The van der Waals surface area contributed by atoms with Gasteiger partial charge in [-0.2, -0.15) is 5.26 Å². The highest BCUT2D eigenvalue weighted by Crippen LogP contribution is 2.57. The zero-order valence-corrected chi connectivity index (χ0v) is 27.0. The number of hydrogen-bond donors (Lipinski definition) is 2. The van der Waals surface area contributed by atoms with Crippen molar-refractivity contribution < 1.29 is 14.7 Å². The van der Waals surface area contributed by atoms with Crippen LogP contribution in [0.1, 0.15) is 72.4 Å². The average Bonchev–Trinajstić information content (AvgIpc) is 3.38. The van der Waals surface area contributed by atoms with Gasteiger partial charge in [0.1, 0.15) is 0 Å². The van der Waals surface area contributed by atoms with E-state index in [0.29, 0.717) is 23.7 Å². The van der Waals surface area contributed by atoms with E-state index in [2.05, 4.69) is 42.1 Å². The maximum absolute atomic E-state index is 13.2. The van der Waals surface area contributed by atoms with Crippen LogP contribution in [0.2, 0.25) is 0 Å². The van der Waals surface area contributed by atoms with Gasteiger partial charge in [0.2, 0.25) is 5.91 Å². The second kappa shape index (κ2) is 13.0. The van der Waals surface area contributed by atoms with Crippen molar-refractivity contribution in [3.05, 3.63) is 46.0 Å². The van der Waals surface area contributed by atoms with E-state index in [0.717, 1.165) is 57.7 Å². The Balaban J connectivity index is 1.24. The topological polar surface area (TPSA) is 113 Å². The van der Waals surface area contributed by atoms with Crippen molar-refractivity contribution in [2.24, 2.45) is 23.2 Å². The molecular formula is C33H46N6O3S. The molecule has 2 heterocycles. The molecule has 5 rings (SSSR count). The lowest BCUT2D eigenvalue weighted by Crippen LogP contribution is -2.53. The lowest BCUT2D eigenvalue weighted by Gasteiger charge is -2.53. The normalized spacial score (nSPS) is 28.3. The number of hydrogen-bond acceptors (Lipinski definition) is 8. The first-order chi connectivity index (χ1) is 20.5. The van der Waals surface area contributed by atoms with Gasteiger partial charge in [-0.25, -0.2) is 4.98 Å². The van der Waals surface area contributed by atoms with E-state index in [1.54, 1.807) is 23.3 Å². The summed E-state index contributed by atoms with van der Waals surface area (Å²) in [6.45, 7) is 11.9. The fourth-order valence-corrected chi connectivity index (χ4v) is 8.91. The molecule has 2 aliphatic carbocycles. The predicted molar refractivity (Wildman–Crippen MR) is 169 cm³/mol. The van der Waals surface area contributed by atoms with Gasteiger partial charge in [0.25, 0.3) is 5.91 Å². The number of amides is 2. The van der Waals surface area contributed by atoms with E-state index < -0.39 is 6.10 Å². The van der Waals surface area contributed by atoms with Crippen molar-refractivity contribution in [1.29, 1.82) is 5.26 Å². The summed E-state index contributed by atoms with van der Waals surface area (Å²) in [7, 11) is 3.89. The number of carbonyl (C=O) groups excluding carboxylic acids is 2. The summed E-state index contributed by atoms with van der Waals surface area (Å²) >= 11 is 1.55. The van der Waals surface area contributed by atoms with Crippen molar-refractivity contribution in [3.63, 3.8) is 0 Å². The molecule has 1 aliphatic heterocycles. The van der Waals surface area contributed by atoms with Crippen LogP contribution in [0.15, 0.2) is 24.3 Å². The van der Waals surface area contributed by atoms with E-state index in [9.17, 15) is 14.7 Å².